The number of esters is 1. The van der Waals surface area contributed by atoms with Crippen LogP contribution in [0.2, 0.25) is 0 Å². The Labute approximate surface area is 241 Å². The van der Waals surface area contributed by atoms with E-state index in [-0.39, 0.29) is 27.4 Å². The molecule has 1 fully saturated rings. The lowest BCUT2D eigenvalue weighted by Gasteiger charge is -2.24. The molecular weight excluding hydrogens is 548 g/mol. The van der Waals surface area contributed by atoms with Crippen molar-refractivity contribution in [3.05, 3.63) is 69.2 Å². The number of methoxy groups -OCH3 is 1. The number of benzene rings is 2. The Morgan fingerprint density at radius 3 is 2.56 bits per heavy atom. The van der Waals surface area contributed by atoms with Gasteiger partial charge in [0.25, 0.3) is 5.78 Å². The highest BCUT2D eigenvalue weighted by molar-refractivity contribution is 7.17. The summed E-state index contributed by atoms with van der Waals surface area (Å²) in [5.41, 5.74) is 2.01. The number of ketones is 1. The molecule has 3 heterocycles. The van der Waals surface area contributed by atoms with Gasteiger partial charge < -0.3 is 24.1 Å². The molecule has 2 unspecified atom stereocenters. The van der Waals surface area contributed by atoms with Crippen molar-refractivity contribution in [2.24, 2.45) is 0 Å². The predicted octanol–water partition coefficient (Wildman–Crippen LogP) is 4.99. The molecule has 3 aromatic rings. The first-order valence-corrected chi connectivity index (χ1v) is 14.1. The number of ether oxygens (including phenoxy) is 4. The van der Waals surface area contributed by atoms with E-state index in [1.165, 1.54) is 12.0 Å². The summed E-state index contributed by atoms with van der Waals surface area (Å²) in [6, 6.07) is 9.20. The number of Topliss-reactive ketones (excluding diaryl/α,β-unsaturated/α-hetero) is 1. The van der Waals surface area contributed by atoms with Crippen molar-refractivity contribution in [3.8, 4) is 17.2 Å². The number of aliphatic hydroxyl groups excluding tert-OH is 1. The number of hydrogen-bond acceptors (Lipinski definition) is 10. The first-order valence-electron chi connectivity index (χ1n) is 13.2. The standard InChI is InChI=1S/C30H30N2O8S/c1-6-38-21-11-8-17(14-22(21)39-7-2)24-23(25(33)18-9-10-20-19(13-18)12-15(3)40-20)26(34)28(35)32(24)30-31-16(4)27(41-30)29(36)37-5/h8-11,13-15,24,33H,6-7,12H2,1-5H3. The molecule has 11 heteroatoms. The number of carbonyl (C=O) groups is 3. The lowest BCUT2D eigenvalue weighted by atomic mass is 9.94. The number of amides is 1. The quantitative estimate of drug-likeness (QED) is 0.170. The van der Waals surface area contributed by atoms with Crippen LogP contribution < -0.4 is 19.1 Å². The van der Waals surface area contributed by atoms with E-state index in [2.05, 4.69) is 4.98 Å². The highest BCUT2D eigenvalue weighted by Crippen LogP contribution is 2.46. The van der Waals surface area contributed by atoms with Gasteiger partial charge in [0.1, 0.15) is 22.5 Å². The van der Waals surface area contributed by atoms with Crippen LogP contribution in [0.4, 0.5) is 5.13 Å². The third-order valence-corrected chi connectivity index (χ3v) is 8.00. The van der Waals surface area contributed by atoms with Crippen molar-refractivity contribution < 1.29 is 38.4 Å². The first-order chi connectivity index (χ1) is 19.7. The molecule has 1 aromatic heterocycles. The Balaban J connectivity index is 1.71. The number of thiazole rings is 1. The van der Waals surface area contributed by atoms with Crippen molar-refractivity contribution in [1.82, 2.24) is 4.98 Å². The number of anilines is 1. The van der Waals surface area contributed by atoms with Gasteiger partial charge in [-0.2, -0.15) is 0 Å². The summed E-state index contributed by atoms with van der Waals surface area (Å²) in [6.45, 7) is 8.02. The predicted molar refractivity (Wildman–Crippen MR) is 152 cm³/mol. The summed E-state index contributed by atoms with van der Waals surface area (Å²) in [7, 11) is 1.25. The largest absolute Gasteiger partial charge is 0.507 e. The number of nitrogens with zero attached hydrogens (tertiary/aromatic N) is 2. The number of aromatic nitrogens is 1. The minimum absolute atomic E-state index is 0.00836. The second-order valence-corrected chi connectivity index (χ2v) is 10.6. The molecule has 0 saturated carbocycles. The van der Waals surface area contributed by atoms with E-state index in [9.17, 15) is 19.5 Å². The van der Waals surface area contributed by atoms with Gasteiger partial charge in [-0.25, -0.2) is 9.78 Å². The zero-order valence-corrected chi connectivity index (χ0v) is 24.2. The van der Waals surface area contributed by atoms with Gasteiger partial charge in [-0.05, 0) is 69.2 Å². The summed E-state index contributed by atoms with van der Waals surface area (Å²) in [4.78, 5) is 45.4. The van der Waals surface area contributed by atoms with Crippen LogP contribution in [-0.4, -0.2) is 54.2 Å². The van der Waals surface area contributed by atoms with Gasteiger partial charge in [0.15, 0.2) is 16.6 Å². The summed E-state index contributed by atoms with van der Waals surface area (Å²) in [5, 5.41) is 11.7. The molecule has 1 saturated heterocycles. The van der Waals surface area contributed by atoms with Crippen LogP contribution in [0.15, 0.2) is 42.0 Å². The first kappa shape index (κ1) is 28.2. The molecule has 0 radical (unpaired) electrons. The zero-order chi connectivity index (χ0) is 29.4. The van der Waals surface area contributed by atoms with Gasteiger partial charge in [-0.3, -0.25) is 14.5 Å². The molecular formula is C30H30N2O8S. The number of hydrogen-bond donors (Lipinski definition) is 1. The second-order valence-electron chi connectivity index (χ2n) is 9.60. The van der Waals surface area contributed by atoms with Gasteiger partial charge in [0.2, 0.25) is 0 Å². The number of carbonyl (C=O) groups excluding carboxylic acids is 3. The van der Waals surface area contributed by atoms with Crippen molar-refractivity contribution >= 4 is 39.9 Å². The van der Waals surface area contributed by atoms with Crippen LogP contribution in [0.5, 0.6) is 17.2 Å². The van der Waals surface area contributed by atoms with E-state index < -0.39 is 23.7 Å². The van der Waals surface area contributed by atoms with Crippen LogP contribution in [0.1, 0.15) is 58.9 Å². The number of aryl methyl sites for hydroxylation is 1. The Hall–Kier alpha value is -4.38. The smallest absolute Gasteiger partial charge is 0.350 e. The minimum atomic E-state index is -1.07. The fourth-order valence-electron chi connectivity index (χ4n) is 5.08. The normalized spacial score (nSPS) is 19.2. The maximum atomic E-state index is 13.6. The molecule has 1 amide bonds. The maximum absolute atomic E-state index is 13.6. The van der Waals surface area contributed by atoms with Crippen LogP contribution in [0.3, 0.4) is 0 Å². The molecule has 5 rings (SSSR count). The van der Waals surface area contributed by atoms with Crippen molar-refractivity contribution in [1.29, 1.82) is 0 Å². The fourth-order valence-corrected chi connectivity index (χ4v) is 6.09. The van der Waals surface area contributed by atoms with Crippen LogP contribution in [-0.2, 0) is 20.7 Å². The SMILES string of the molecule is CCOc1ccc(C2C(=C(O)c3ccc4c(c3)CC(C)O4)C(=O)C(=O)N2c2nc(C)c(C(=O)OC)s2)cc1OCC. The Bertz CT molecular complexity index is 1580. The second kappa shape index (κ2) is 11.2. The molecule has 0 spiro atoms. The fraction of sp³-hybridized carbons (Fsp3) is 0.333. The third kappa shape index (κ3) is 5.01. The lowest BCUT2D eigenvalue weighted by Crippen LogP contribution is -2.29. The summed E-state index contributed by atoms with van der Waals surface area (Å²) in [5.74, 6) is -1.05. The number of fused-ring (bicyclic) bond motifs is 1. The van der Waals surface area contributed by atoms with E-state index in [1.54, 1.807) is 43.3 Å². The molecule has 2 aliphatic rings. The zero-order valence-electron chi connectivity index (χ0n) is 23.3. The average molecular weight is 579 g/mol. The average Bonchev–Trinajstić information content (AvgIpc) is 3.60. The monoisotopic (exact) mass is 578 g/mol. The van der Waals surface area contributed by atoms with Gasteiger partial charge in [0, 0.05) is 12.0 Å². The van der Waals surface area contributed by atoms with Crippen molar-refractivity contribution in [2.75, 3.05) is 25.2 Å². The Morgan fingerprint density at radius 1 is 1.12 bits per heavy atom. The third-order valence-electron chi connectivity index (χ3n) is 6.86. The molecule has 1 N–H and O–H groups in total. The van der Waals surface area contributed by atoms with E-state index in [1.807, 2.05) is 20.8 Å². The number of aliphatic hydroxyl groups is 1. The lowest BCUT2D eigenvalue weighted by molar-refractivity contribution is -0.132. The molecule has 0 aliphatic carbocycles. The minimum Gasteiger partial charge on any atom is -0.507 e. The molecule has 2 aliphatic heterocycles. The van der Waals surface area contributed by atoms with Crippen molar-refractivity contribution in [2.45, 2.75) is 46.3 Å². The Morgan fingerprint density at radius 2 is 1.85 bits per heavy atom. The van der Waals surface area contributed by atoms with Gasteiger partial charge >= 0.3 is 11.9 Å². The van der Waals surface area contributed by atoms with Crippen LogP contribution in [0, 0.1) is 6.92 Å². The van der Waals surface area contributed by atoms with Crippen LogP contribution >= 0.6 is 11.3 Å². The van der Waals surface area contributed by atoms with E-state index >= 15 is 0 Å². The summed E-state index contributed by atoms with van der Waals surface area (Å²) >= 11 is 0.936. The van der Waals surface area contributed by atoms with E-state index in [0.29, 0.717) is 53.7 Å². The highest BCUT2D eigenvalue weighted by atomic mass is 32.1. The molecule has 0 bridgehead atoms. The van der Waals surface area contributed by atoms with Crippen molar-refractivity contribution in [3.63, 3.8) is 0 Å². The Kier molecular flexibility index (Phi) is 7.72. The molecule has 41 heavy (non-hydrogen) atoms. The molecule has 2 atom stereocenters. The van der Waals surface area contributed by atoms with Gasteiger partial charge in [0.05, 0.1) is 37.6 Å². The molecule has 214 valence electrons. The molecule has 2 aromatic carbocycles. The highest BCUT2D eigenvalue weighted by Gasteiger charge is 2.48. The maximum Gasteiger partial charge on any atom is 0.350 e. The van der Waals surface area contributed by atoms with Crippen LogP contribution in [0.25, 0.3) is 5.76 Å². The summed E-state index contributed by atoms with van der Waals surface area (Å²) < 4.78 is 22.2. The van der Waals surface area contributed by atoms with E-state index in [0.717, 1.165) is 16.9 Å². The van der Waals surface area contributed by atoms with Gasteiger partial charge in [-0.15, -0.1) is 0 Å². The van der Waals surface area contributed by atoms with E-state index in [4.69, 9.17) is 18.9 Å². The topological polar surface area (TPSA) is 124 Å². The summed E-state index contributed by atoms with van der Waals surface area (Å²) in [6.07, 6.45) is 0.644. The molecule has 10 nitrogen and oxygen atoms in total. The van der Waals surface area contributed by atoms with Gasteiger partial charge in [-0.1, -0.05) is 17.4 Å². The number of rotatable bonds is 8.